The fourth-order valence-electron chi connectivity index (χ4n) is 1.94. The molecule has 2 aromatic carbocycles. The summed E-state index contributed by atoms with van der Waals surface area (Å²) in [5.74, 6) is -0.272. The van der Waals surface area contributed by atoms with Crippen LogP contribution in [-0.4, -0.2) is 25.2 Å². The van der Waals surface area contributed by atoms with Crippen molar-refractivity contribution < 1.29 is 22.7 Å². The summed E-state index contributed by atoms with van der Waals surface area (Å²) in [7, 11) is 0. The van der Waals surface area contributed by atoms with Gasteiger partial charge in [0.05, 0.1) is 12.2 Å². The predicted molar refractivity (Wildman–Crippen MR) is 89.8 cm³/mol. The van der Waals surface area contributed by atoms with Gasteiger partial charge in [-0.15, -0.1) is 0 Å². The smallest absolute Gasteiger partial charge is 0.422 e. The molecule has 25 heavy (non-hydrogen) atoms. The van der Waals surface area contributed by atoms with Gasteiger partial charge in [0.25, 0.3) is 0 Å². The van der Waals surface area contributed by atoms with Crippen LogP contribution in [0.15, 0.2) is 48.5 Å². The average Bonchev–Trinajstić information content (AvgIpc) is 2.57. The van der Waals surface area contributed by atoms with Crippen LogP contribution in [0.4, 0.5) is 18.9 Å². The maximum Gasteiger partial charge on any atom is 0.422 e. The molecule has 0 unspecified atom stereocenters. The molecular formula is C17H16ClF3N2O2. The van der Waals surface area contributed by atoms with Crippen molar-refractivity contribution in [2.75, 3.05) is 18.5 Å². The lowest BCUT2D eigenvalue weighted by Crippen LogP contribution is -2.29. The molecule has 0 aliphatic rings. The number of halogens is 4. The molecule has 1 amide bonds. The molecule has 4 nitrogen and oxygen atoms in total. The number of amides is 1. The molecule has 2 aromatic rings. The quantitative estimate of drug-likeness (QED) is 0.772. The van der Waals surface area contributed by atoms with E-state index in [0.717, 1.165) is 5.56 Å². The van der Waals surface area contributed by atoms with E-state index in [1.165, 1.54) is 12.1 Å². The zero-order chi connectivity index (χ0) is 18.3. The van der Waals surface area contributed by atoms with Crippen LogP contribution in [0.2, 0.25) is 5.02 Å². The van der Waals surface area contributed by atoms with E-state index >= 15 is 0 Å². The summed E-state index contributed by atoms with van der Waals surface area (Å²) in [6.07, 6.45) is -4.43. The van der Waals surface area contributed by atoms with Gasteiger partial charge in [0.2, 0.25) is 5.91 Å². The second-order valence-electron chi connectivity index (χ2n) is 5.16. The molecular weight excluding hydrogens is 357 g/mol. The second kappa shape index (κ2) is 8.62. The van der Waals surface area contributed by atoms with Crippen molar-refractivity contribution >= 4 is 23.2 Å². The Morgan fingerprint density at radius 2 is 1.76 bits per heavy atom. The number of anilines is 1. The molecule has 0 bridgehead atoms. The minimum atomic E-state index is -4.43. The zero-order valence-electron chi connectivity index (χ0n) is 13.1. The van der Waals surface area contributed by atoms with Gasteiger partial charge in [-0.25, -0.2) is 0 Å². The van der Waals surface area contributed by atoms with E-state index in [1.807, 2.05) is 0 Å². The van der Waals surface area contributed by atoms with Crippen molar-refractivity contribution in [2.45, 2.75) is 12.7 Å². The summed E-state index contributed by atoms with van der Waals surface area (Å²) in [5.41, 5.74) is 1.19. The molecule has 0 aliphatic carbocycles. The first-order valence-corrected chi connectivity index (χ1v) is 7.75. The summed E-state index contributed by atoms with van der Waals surface area (Å²) in [4.78, 5) is 11.9. The highest BCUT2D eigenvalue weighted by molar-refractivity contribution is 6.30. The number of hydrogen-bond acceptors (Lipinski definition) is 3. The van der Waals surface area contributed by atoms with E-state index in [2.05, 4.69) is 10.6 Å². The van der Waals surface area contributed by atoms with E-state index in [1.54, 1.807) is 36.4 Å². The molecule has 0 aliphatic heterocycles. The van der Waals surface area contributed by atoms with Crippen molar-refractivity contribution in [1.82, 2.24) is 5.32 Å². The van der Waals surface area contributed by atoms with Crippen LogP contribution in [0.25, 0.3) is 0 Å². The van der Waals surface area contributed by atoms with Crippen molar-refractivity contribution in [1.29, 1.82) is 0 Å². The van der Waals surface area contributed by atoms with Gasteiger partial charge >= 0.3 is 6.18 Å². The Kier molecular flexibility index (Phi) is 6.52. The topological polar surface area (TPSA) is 50.4 Å². The number of benzene rings is 2. The van der Waals surface area contributed by atoms with E-state index in [0.29, 0.717) is 17.3 Å². The third kappa shape index (κ3) is 6.93. The highest BCUT2D eigenvalue weighted by Crippen LogP contribution is 2.26. The number of ether oxygens (including phenoxy) is 1. The van der Waals surface area contributed by atoms with Crippen molar-refractivity contribution in [2.24, 2.45) is 0 Å². The summed E-state index contributed by atoms with van der Waals surface area (Å²) in [5, 5.41) is 6.07. The Morgan fingerprint density at radius 3 is 2.44 bits per heavy atom. The minimum Gasteiger partial charge on any atom is -0.482 e. The molecule has 0 atom stereocenters. The van der Waals surface area contributed by atoms with Gasteiger partial charge < -0.3 is 15.4 Å². The van der Waals surface area contributed by atoms with Crippen LogP contribution < -0.4 is 15.4 Å². The fourth-order valence-corrected chi connectivity index (χ4v) is 2.07. The van der Waals surface area contributed by atoms with Gasteiger partial charge in [0.15, 0.2) is 6.61 Å². The van der Waals surface area contributed by atoms with Crippen LogP contribution in [-0.2, 0) is 11.3 Å². The Hall–Kier alpha value is -2.41. The summed E-state index contributed by atoms with van der Waals surface area (Å²) in [6, 6.07) is 13.1. The number of carbonyl (C=O) groups excluding carboxylic acids is 1. The summed E-state index contributed by atoms with van der Waals surface area (Å²) < 4.78 is 41.5. The standard InChI is InChI=1S/C17H16ClF3N2O2/c18-13-7-5-12(6-8-13)9-23-16(24)10-22-14-3-1-2-4-15(14)25-11-17(19,20)21/h1-8,22H,9-11H2,(H,23,24). The van der Waals surface area contributed by atoms with Crippen LogP contribution in [0.1, 0.15) is 5.56 Å². The Labute approximate surface area is 147 Å². The fraction of sp³-hybridized carbons (Fsp3) is 0.235. The molecule has 0 aromatic heterocycles. The van der Waals surface area contributed by atoms with Crippen molar-refractivity contribution in [3.63, 3.8) is 0 Å². The Bertz CT molecular complexity index is 706. The molecule has 2 N–H and O–H groups in total. The third-order valence-corrected chi connectivity index (χ3v) is 3.37. The first kappa shape index (κ1) is 18.9. The third-order valence-electron chi connectivity index (χ3n) is 3.12. The van der Waals surface area contributed by atoms with Crippen LogP contribution in [0.3, 0.4) is 0 Å². The van der Waals surface area contributed by atoms with Crippen molar-refractivity contribution in [3.8, 4) is 5.75 Å². The first-order chi connectivity index (χ1) is 11.8. The van der Waals surface area contributed by atoms with Crippen LogP contribution in [0, 0.1) is 0 Å². The molecule has 8 heteroatoms. The monoisotopic (exact) mass is 372 g/mol. The number of rotatable bonds is 7. The first-order valence-electron chi connectivity index (χ1n) is 7.37. The molecule has 0 spiro atoms. The van der Waals surface area contributed by atoms with E-state index in [4.69, 9.17) is 16.3 Å². The van der Waals surface area contributed by atoms with E-state index < -0.39 is 12.8 Å². The lowest BCUT2D eigenvalue weighted by atomic mass is 10.2. The molecule has 0 fully saturated rings. The van der Waals surface area contributed by atoms with Gasteiger partial charge in [-0.05, 0) is 29.8 Å². The number of carbonyl (C=O) groups is 1. The lowest BCUT2D eigenvalue weighted by molar-refractivity contribution is -0.153. The van der Waals surface area contributed by atoms with E-state index in [9.17, 15) is 18.0 Å². The number of nitrogens with one attached hydrogen (secondary N) is 2. The molecule has 2 rings (SSSR count). The normalized spacial score (nSPS) is 11.0. The van der Waals surface area contributed by atoms with Gasteiger partial charge in [-0.2, -0.15) is 13.2 Å². The van der Waals surface area contributed by atoms with Crippen LogP contribution in [0.5, 0.6) is 5.75 Å². The minimum absolute atomic E-state index is 0.0327. The van der Waals surface area contributed by atoms with Crippen molar-refractivity contribution in [3.05, 3.63) is 59.1 Å². The lowest BCUT2D eigenvalue weighted by Gasteiger charge is -2.14. The van der Waals surface area contributed by atoms with Crippen LogP contribution >= 0.6 is 11.6 Å². The Morgan fingerprint density at radius 1 is 1.08 bits per heavy atom. The average molecular weight is 373 g/mol. The summed E-state index contributed by atoms with van der Waals surface area (Å²) in [6.45, 7) is -1.17. The molecule has 0 saturated carbocycles. The predicted octanol–water partition coefficient (Wildman–Crippen LogP) is 4.01. The molecule has 134 valence electrons. The van der Waals surface area contributed by atoms with Gasteiger partial charge in [0, 0.05) is 11.6 Å². The molecule has 0 radical (unpaired) electrons. The largest absolute Gasteiger partial charge is 0.482 e. The molecule has 0 saturated heterocycles. The Balaban J connectivity index is 1.84. The number of alkyl halides is 3. The maximum atomic E-state index is 12.3. The second-order valence-corrected chi connectivity index (χ2v) is 5.59. The highest BCUT2D eigenvalue weighted by atomic mass is 35.5. The maximum absolute atomic E-state index is 12.3. The van der Waals surface area contributed by atoms with Gasteiger partial charge in [-0.1, -0.05) is 35.9 Å². The SMILES string of the molecule is O=C(CNc1ccccc1OCC(F)(F)F)NCc1ccc(Cl)cc1. The van der Waals surface area contributed by atoms with Gasteiger partial charge in [0.1, 0.15) is 5.75 Å². The zero-order valence-corrected chi connectivity index (χ0v) is 13.8. The molecule has 0 heterocycles. The summed E-state index contributed by atoms with van der Waals surface area (Å²) >= 11 is 5.78. The number of hydrogen-bond donors (Lipinski definition) is 2. The highest BCUT2D eigenvalue weighted by Gasteiger charge is 2.28. The van der Waals surface area contributed by atoms with Gasteiger partial charge in [-0.3, -0.25) is 4.79 Å². The number of para-hydroxylation sites is 2. The van der Waals surface area contributed by atoms with E-state index in [-0.39, 0.29) is 18.2 Å².